The molecule has 0 amide bonds. The molecule has 1 aromatic carbocycles. The number of hydrogen-bond acceptors (Lipinski definition) is 4. The van der Waals surface area contributed by atoms with Crippen LogP contribution in [0.15, 0.2) is 65.9 Å². The number of rotatable bonds is 3. The third-order valence-corrected chi connectivity index (χ3v) is 5.70. The number of allylic oxidation sites excluding steroid dienone is 1. The summed E-state index contributed by atoms with van der Waals surface area (Å²) in [6.07, 6.45) is 6.57. The van der Waals surface area contributed by atoms with E-state index in [1.807, 2.05) is 48.1 Å². The quantitative estimate of drug-likeness (QED) is 0.490. The highest BCUT2D eigenvalue weighted by atomic mass is 32.1. The topological polar surface area (TPSA) is 42.5 Å². The van der Waals surface area contributed by atoms with E-state index in [4.69, 9.17) is 4.98 Å². The van der Waals surface area contributed by atoms with Gasteiger partial charge in [-0.3, -0.25) is 4.99 Å². The minimum atomic E-state index is -0.255. The third-order valence-electron chi connectivity index (χ3n) is 4.58. The van der Waals surface area contributed by atoms with E-state index in [0.29, 0.717) is 0 Å². The zero-order chi connectivity index (χ0) is 18.4. The number of aromatic nitrogens is 3. The highest BCUT2D eigenvalue weighted by Gasteiger charge is 2.22. The van der Waals surface area contributed by atoms with Gasteiger partial charge in [0.1, 0.15) is 10.8 Å². The van der Waals surface area contributed by atoms with Gasteiger partial charge in [-0.15, -0.1) is 11.3 Å². The second kappa shape index (κ2) is 6.25. The van der Waals surface area contributed by atoms with Gasteiger partial charge in [-0.05, 0) is 43.3 Å². The van der Waals surface area contributed by atoms with Crippen molar-refractivity contribution in [2.24, 2.45) is 4.99 Å². The minimum absolute atomic E-state index is 0.255. The molecule has 6 heteroatoms. The highest BCUT2D eigenvalue weighted by Crippen LogP contribution is 2.38. The smallest absolute Gasteiger partial charge is 0.128 e. The Kier molecular flexibility index (Phi) is 3.72. The Labute approximate surface area is 159 Å². The van der Waals surface area contributed by atoms with Crippen LogP contribution < -0.4 is 0 Å². The molecule has 0 unspecified atom stereocenters. The van der Waals surface area contributed by atoms with Gasteiger partial charge in [0, 0.05) is 24.4 Å². The zero-order valence-corrected chi connectivity index (χ0v) is 15.4. The lowest BCUT2D eigenvalue weighted by molar-refractivity contribution is 0.628. The Morgan fingerprint density at radius 1 is 1.11 bits per heavy atom. The van der Waals surface area contributed by atoms with Crippen LogP contribution in [0.1, 0.15) is 17.0 Å². The molecule has 0 spiro atoms. The molecule has 132 valence electrons. The summed E-state index contributed by atoms with van der Waals surface area (Å²) >= 11 is 1.61. The van der Waals surface area contributed by atoms with Gasteiger partial charge in [0.25, 0.3) is 0 Å². The molecule has 0 atom stereocenters. The van der Waals surface area contributed by atoms with Crippen molar-refractivity contribution in [2.75, 3.05) is 0 Å². The molecule has 4 heterocycles. The van der Waals surface area contributed by atoms with Gasteiger partial charge in [0.2, 0.25) is 0 Å². The number of hydrogen-bond donors (Lipinski definition) is 0. The van der Waals surface area contributed by atoms with E-state index in [1.165, 1.54) is 12.1 Å². The Bertz CT molecular complexity index is 1210. The van der Waals surface area contributed by atoms with E-state index >= 15 is 0 Å². The Morgan fingerprint density at radius 2 is 1.96 bits per heavy atom. The van der Waals surface area contributed by atoms with Crippen LogP contribution in [-0.4, -0.2) is 20.3 Å². The van der Waals surface area contributed by atoms with E-state index < -0.39 is 0 Å². The molecule has 0 bridgehead atoms. The summed E-state index contributed by atoms with van der Waals surface area (Å²) in [6.45, 7) is 2.00. The zero-order valence-electron chi connectivity index (χ0n) is 14.6. The predicted molar refractivity (Wildman–Crippen MR) is 107 cm³/mol. The van der Waals surface area contributed by atoms with Gasteiger partial charge < -0.3 is 0 Å². The molecule has 0 saturated heterocycles. The third kappa shape index (κ3) is 2.69. The number of fused-ring (bicyclic) bond motifs is 1. The maximum Gasteiger partial charge on any atom is 0.128 e. The molecule has 27 heavy (non-hydrogen) atoms. The number of halogens is 1. The summed E-state index contributed by atoms with van der Waals surface area (Å²) in [4.78, 5) is 10.5. The lowest BCUT2D eigenvalue weighted by Gasteiger charge is -2.02. The molecule has 0 radical (unpaired) electrons. The lowest BCUT2D eigenvalue weighted by Crippen LogP contribution is -1.96. The number of aliphatic imine (C=N–C) groups is 1. The lowest BCUT2D eigenvalue weighted by atomic mass is 10.1. The van der Waals surface area contributed by atoms with Crippen molar-refractivity contribution in [3.8, 4) is 21.8 Å². The average molecular weight is 374 g/mol. The van der Waals surface area contributed by atoms with Gasteiger partial charge >= 0.3 is 0 Å². The maximum atomic E-state index is 13.4. The summed E-state index contributed by atoms with van der Waals surface area (Å²) in [6, 6.07) is 12.5. The fraction of sp³-hybridized carbons (Fsp3) is 0.0952. The number of thiazole rings is 1. The van der Waals surface area contributed by atoms with Crippen LogP contribution in [0.4, 0.5) is 4.39 Å². The fourth-order valence-electron chi connectivity index (χ4n) is 3.32. The van der Waals surface area contributed by atoms with Crippen molar-refractivity contribution in [1.29, 1.82) is 0 Å². The van der Waals surface area contributed by atoms with E-state index in [9.17, 15) is 4.39 Å². The molecular weight excluding hydrogens is 359 g/mol. The molecule has 0 saturated carbocycles. The molecule has 3 aromatic heterocycles. The molecule has 4 nitrogen and oxygen atoms in total. The van der Waals surface area contributed by atoms with Crippen molar-refractivity contribution in [1.82, 2.24) is 14.6 Å². The van der Waals surface area contributed by atoms with Crippen molar-refractivity contribution >= 4 is 22.6 Å². The summed E-state index contributed by atoms with van der Waals surface area (Å²) in [7, 11) is 0. The molecule has 0 fully saturated rings. The van der Waals surface area contributed by atoms with E-state index in [2.05, 4.69) is 10.1 Å². The molecule has 1 aliphatic heterocycles. The van der Waals surface area contributed by atoms with Crippen LogP contribution in [-0.2, 0) is 0 Å². The first-order valence-electron chi connectivity index (χ1n) is 8.64. The first-order valence-corrected chi connectivity index (χ1v) is 9.45. The van der Waals surface area contributed by atoms with E-state index in [0.717, 1.165) is 50.0 Å². The minimum Gasteiger partial charge on any atom is -0.260 e. The molecule has 0 aliphatic carbocycles. The largest absolute Gasteiger partial charge is 0.260 e. The molecule has 0 N–H and O–H groups in total. The molecule has 1 aliphatic rings. The van der Waals surface area contributed by atoms with Crippen molar-refractivity contribution < 1.29 is 4.39 Å². The average Bonchev–Trinajstić information content (AvgIpc) is 3.39. The first kappa shape index (κ1) is 16.1. The summed E-state index contributed by atoms with van der Waals surface area (Å²) < 4.78 is 15.3. The molecule has 4 aromatic rings. The SMILES string of the molecule is Cc1nn2ccccc2c1-c1nc(-c2ccc(F)cc2)c(C2=NC=CC2)s1. The summed E-state index contributed by atoms with van der Waals surface area (Å²) in [5.74, 6) is -0.255. The second-order valence-electron chi connectivity index (χ2n) is 6.36. The number of aryl methyl sites for hydroxylation is 1. The van der Waals surface area contributed by atoms with Gasteiger partial charge in [0.05, 0.1) is 33.1 Å². The van der Waals surface area contributed by atoms with Gasteiger partial charge in [-0.25, -0.2) is 13.9 Å². The van der Waals surface area contributed by atoms with Crippen molar-refractivity contribution in [3.05, 3.63) is 77.3 Å². The number of benzene rings is 1. The van der Waals surface area contributed by atoms with Crippen LogP contribution in [0.2, 0.25) is 0 Å². The highest BCUT2D eigenvalue weighted by molar-refractivity contribution is 7.17. The molecule has 5 rings (SSSR count). The predicted octanol–water partition coefficient (Wildman–Crippen LogP) is 5.28. The van der Waals surface area contributed by atoms with E-state index in [1.54, 1.807) is 23.5 Å². The first-order chi connectivity index (χ1) is 13.2. The van der Waals surface area contributed by atoms with Crippen LogP contribution in [0.25, 0.3) is 27.3 Å². The van der Waals surface area contributed by atoms with E-state index in [-0.39, 0.29) is 5.82 Å². The monoisotopic (exact) mass is 374 g/mol. The number of nitrogens with zero attached hydrogens (tertiary/aromatic N) is 4. The van der Waals surface area contributed by atoms with Crippen LogP contribution in [0.5, 0.6) is 0 Å². The van der Waals surface area contributed by atoms with Gasteiger partial charge in [-0.2, -0.15) is 5.10 Å². The van der Waals surface area contributed by atoms with Crippen LogP contribution in [0, 0.1) is 12.7 Å². The Balaban J connectivity index is 1.73. The maximum absolute atomic E-state index is 13.4. The fourth-order valence-corrected chi connectivity index (χ4v) is 4.52. The summed E-state index contributed by atoms with van der Waals surface area (Å²) in [5, 5.41) is 5.50. The van der Waals surface area contributed by atoms with Gasteiger partial charge in [-0.1, -0.05) is 12.1 Å². The number of pyridine rings is 1. The van der Waals surface area contributed by atoms with Crippen LogP contribution in [0.3, 0.4) is 0 Å². The standard InChI is InChI=1S/C21H15FN4S/c1-13-18(17-6-2-3-12-26(17)25-13)21-24-19(14-7-9-15(22)10-8-14)20(27-21)16-5-4-11-23-16/h2-4,6-12H,5H2,1H3. The normalized spacial score (nSPS) is 13.5. The Morgan fingerprint density at radius 3 is 2.74 bits per heavy atom. The van der Waals surface area contributed by atoms with Crippen LogP contribution >= 0.6 is 11.3 Å². The van der Waals surface area contributed by atoms with Crippen molar-refractivity contribution in [3.63, 3.8) is 0 Å². The molecular formula is C21H15FN4S. The second-order valence-corrected chi connectivity index (χ2v) is 7.36. The Hall–Kier alpha value is -3.12. The van der Waals surface area contributed by atoms with Crippen molar-refractivity contribution in [2.45, 2.75) is 13.3 Å². The van der Waals surface area contributed by atoms with Gasteiger partial charge in [0.15, 0.2) is 0 Å². The summed E-state index contributed by atoms with van der Waals surface area (Å²) in [5.41, 5.74) is 5.70.